The van der Waals surface area contributed by atoms with Crippen LogP contribution < -0.4 is 4.90 Å². The fourth-order valence-electron chi connectivity index (χ4n) is 6.75. The number of carbonyl (C=O) groups is 1. The molecule has 2 saturated heterocycles. The van der Waals surface area contributed by atoms with Gasteiger partial charge in [-0.15, -0.1) is 0 Å². The van der Waals surface area contributed by atoms with Crippen molar-refractivity contribution < 1.29 is 9.53 Å². The highest BCUT2D eigenvalue weighted by Gasteiger charge is 2.44. The van der Waals surface area contributed by atoms with Crippen molar-refractivity contribution in [2.45, 2.75) is 73.7 Å². The number of nitriles is 1. The molecule has 2 fully saturated rings. The van der Waals surface area contributed by atoms with E-state index in [1.54, 1.807) is 11.8 Å². The number of esters is 1. The van der Waals surface area contributed by atoms with Crippen molar-refractivity contribution in [2.24, 2.45) is 11.8 Å². The van der Waals surface area contributed by atoms with Gasteiger partial charge in [0.2, 0.25) is 0 Å². The number of ether oxygens (including phenoxy) is 1. The fourth-order valence-corrected chi connectivity index (χ4v) is 7.55. The SMILES string of the molecule is CCC[C@H](CC(C#N)(c1ccccc1)C1CCN(CC2CN(c3ccc(Sc4ccncc4)cc3)C2)CC1)OC(=O)CC. The Hall–Kier alpha value is -3.34. The highest BCUT2D eigenvalue weighted by atomic mass is 32.2. The van der Waals surface area contributed by atoms with Gasteiger partial charge in [0.1, 0.15) is 6.10 Å². The van der Waals surface area contributed by atoms with E-state index < -0.39 is 5.41 Å². The normalized spacial score (nSPS) is 18.3. The lowest BCUT2D eigenvalue weighted by atomic mass is 9.64. The number of hydrogen-bond donors (Lipinski definition) is 0. The van der Waals surface area contributed by atoms with E-state index in [1.807, 2.05) is 49.6 Å². The van der Waals surface area contributed by atoms with E-state index >= 15 is 0 Å². The van der Waals surface area contributed by atoms with Crippen LogP contribution >= 0.6 is 11.8 Å². The monoisotopic (exact) mass is 596 g/mol. The van der Waals surface area contributed by atoms with Crippen LogP contribution in [0.15, 0.2) is 88.9 Å². The summed E-state index contributed by atoms with van der Waals surface area (Å²) in [7, 11) is 0. The molecule has 1 aromatic heterocycles. The van der Waals surface area contributed by atoms with Crippen LogP contribution in [0.2, 0.25) is 0 Å². The molecule has 0 radical (unpaired) electrons. The van der Waals surface area contributed by atoms with Gasteiger partial charge < -0.3 is 14.5 Å². The highest BCUT2D eigenvalue weighted by Crippen LogP contribution is 2.43. The number of nitrogens with zero attached hydrogens (tertiary/aromatic N) is 4. The molecular formula is C36H44N4O2S. The average Bonchev–Trinajstić information content (AvgIpc) is 3.03. The molecule has 3 aromatic rings. The summed E-state index contributed by atoms with van der Waals surface area (Å²) in [5, 5.41) is 10.8. The second kappa shape index (κ2) is 14.9. The maximum atomic E-state index is 12.2. The first-order chi connectivity index (χ1) is 21.0. The van der Waals surface area contributed by atoms with Crippen molar-refractivity contribution in [3.05, 3.63) is 84.7 Å². The number of rotatable bonds is 13. The van der Waals surface area contributed by atoms with Crippen LogP contribution in [-0.4, -0.2) is 54.7 Å². The smallest absolute Gasteiger partial charge is 0.305 e. The van der Waals surface area contributed by atoms with Gasteiger partial charge in [0, 0.05) is 66.3 Å². The van der Waals surface area contributed by atoms with Gasteiger partial charge in [-0.3, -0.25) is 9.78 Å². The van der Waals surface area contributed by atoms with Gasteiger partial charge in [0.25, 0.3) is 0 Å². The van der Waals surface area contributed by atoms with Crippen LogP contribution in [-0.2, 0) is 14.9 Å². The first kappa shape index (κ1) is 31.1. The Morgan fingerprint density at radius 3 is 2.33 bits per heavy atom. The maximum Gasteiger partial charge on any atom is 0.305 e. The van der Waals surface area contributed by atoms with Crippen molar-refractivity contribution in [2.75, 3.05) is 37.6 Å². The van der Waals surface area contributed by atoms with Crippen LogP contribution in [0.4, 0.5) is 5.69 Å². The van der Waals surface area contributed by atoms with E-state index in [0.29, 0.717) is 18.8 Å². The van der Waals surface area contributed by atoms with Crippen molar-refractivity contribution in [1.29, 1.82) is 5.26 Å². The van der Waals surface area contributed by atoms with Gasteiger partial charge in [-0.25, -0.2) is 0 Å². The molecule has 3 heterocycles. The molecular weight excluding hydrogens is 552 g/mol. The van der Waals surface area contributed by atoms with Gasteiger partial charge in [-0.2, -0.15) is 5.26 Å². The van der Waals surface area contributed by atoms with E-state index in [4.69, 9.17) is 4.74 Å². The van der Waals surface area contributed by atoms with Crippen molar-refractivity contribution in [1.82, 2.24) is 9.88 Å². The lowest BCUT2D eigenvalue weighted by Crippen LogP contribution is -2.53. The van der Waals surface area contributed by atoms with Crippen molar-refractivity contribution >= 4 is 23.4 Å². The van der Waals surface area contributed by atoms with Gasteiger partial charge >= 0.3 is 5.97 Å². The lowest BCUT2D eigenvalue weighted by molar-refractivity contribution is -0.150. The number of hydrogen-bond acceptors (Lipinski definition) is 7. The number of aromatic nitrogens is 1. The van der Waals surface area contributed by atoms with Gasteiger partial charge in [0.15, 0.2) is 0 Å². The molecule has 0 spiro atoms. The Balaban J connectivity index is 1.15. The van der Waals surface area contributed by atoms with E-state index in [0.717, 1.165) is 64.0 Å². The largest absolute Gasteiger partial charge is 0.462 e. The minimum absolute atomic E-state index is 0.178. The average molecular weight is 597 g/mol. The molecule has 0 amide bonds. The Morgan fingerprint density at radius 2 is 1.70 bits per heavy atom. The van der Waals surface area contributed by atoms with E-state index in [-0.39, 0.29) is 18.0 Å². The molecule has 0 N–H and O–H groups in total. The minimum Gasteiger partial charge on any atom is -0.462 e. The summed E-state index contributed by atoms with van der Waals surface area (Å²) in [4.78, 5) is 23.9. The summed E-state index contributed by atoms with van der Waals surface area (Å²) in [5.74, 6) is 0.722. The van der Waals surface area contributed by atoms with Gasteiger partial charge in [-0.1, -0.05) is 62.4 Å². The molecule has 7 heteroatoms. The molecule has 43 heavy (non-hydrogen) atoms. The van der Waals surface area contributed by atoms with Gasteiger partial charge in [0.05, 0.1) is 11.5 Å². The van der Waals surface area contributed by atoms with Gasteiger partial charge in [-0.05, 0) is 80.2 Å². The summed E-state index contributed by atoms with van der Waals surface area (Å²) < 4.78 is 5.88. The van der Waals surface area contributed by atoms with E-state index in [1.165, 1.54) is 15.5 Å². The quantitative estimate of drug-likeness (QED) is 0.191. The first-order valence-corrected chi connectivity index (χ1v) is 16.7. The molecule has 2 aliphatic heterocycles. The Labute approximate surface area is 261 Å². The van der Waals surface area contributed by atoms with E-state index in [2.05, 4.69) is 64.2 Å². The third-order valence-electron chi connectivity index (χ3n) is 9.08. The molecule has 2 aliphatic rings. The number of benzene rings is 2. The second-order valence-electron chi connectivity index (χ2n) is 12.0. The molecule has 2 atom stereocenters. The maximum absolute atomic E-state index is 12.2. The number of piperidine rings is 1. The Morgan fingerprint density at radius 1 is 1.02 bits per heavy atom. The third-order valence-corrected chi connectivity index (χ3v) is 10.1. The lowest BCUT2D eigenvalue weighted by Gasteiger charge is -2.46. The van der Waals surface area contributed by atoms with Crippen LogP contribution in [0.1, 0.15) is 57.9 Å². The minimum atomic E-state index is -0.656. The fraction of sp³-hybridized carbons (Fsp3) is 0.472. The number of anilines is 1. The zero-order chi connectivity index (χ0) is 30.1. The molecule has 226 valence electrons. The summed E-state index contributed by atoms with van der Waals surface area (Å²) in [6, 6.07) is 26.0. The van der Waals surface area contributed by atoms with E-state index in [9.17, 15) is 10.1 Å². The van der Waals surface area contributed by atoms with Crippen LogP contribution in [0.5, 0.6) is 0 Å². The summed E-state index contributed by atoms with van der Waals surface area (Å²) in [5.41, 5.74) is 1.70. The molecule has 0 bridgehead atoms. The number of carbonyl (C=O) groups excluding carboxylic acids is 1. The Kier molecular flexibility index (Phi) is 10.8. The molecule has 6 nitrogen and oxygen atoms in total. The second-order valence-corrected chi connectivity index (χ2v) is 13.2. The highest BCUT2D eigenvalue weighted by molar-refractivity contribution is 7.99. The molecule has 0 aliphatic carbocycles. The summed E-state index contributed by atoms with van der Waals surface area (Å²) in [6.45, 7) is 9.24. The van der Waals surface area contributed by atoms with Crippen LogP contribution in [0.3, 0.4) is 0 Å². The zero-order valence-corrected chi connectivity index (χ0v) is 26.3. The van der Waals surface area contributed by atoms with Crippen molar-refractivity contribution in [3.8, 4) is 6.07 Å². The Bertz CT molecular complexity index is 1330. The third kappa shape index (κ3) is 7.79. The van der Waals surface area contributed by atoms with Crippen LogP contribution in [0.25, 0.3) is 0 Å². The zero-order valence-electron chi connectivity index (χ0n) is 25.5. The predicted octanol–water partition coefficient (Wildman–Crippen LogP) is 7.35. The predicted molar refractivity (Wildman–Crippen MR) is 173 cm³/mol. The topological polar surface area (TPSA) is 69.5 Å². The number of likely N-dealkylation sites (tertiary alicyclic amines) is 1. The summed E-state index contributed by atoms with van der Waals surface area (Å²) in [6.07, 6.45) is 8.02. The number of pyridine rings is 1. The molecule has 5 rings (SSSR count). The molecule has 1 unspecified atom stereocenters. The summed E-state index contributed by atoms with van der Waals surface area (Å²) >= 11 is 1.76. The standard InChI is InChI=1S/C36H44N4O2S/c1-3-8-32(42-35(41)4-2)23-36(27-37,29-9-6-5-7-10-29)30-17-21-39(22-18-30)24-28-25-40(26-28)31-11-13-33(14-12-31)43-34-15-19-38-20-16-34/h5-7,9-16,19-20,28,30,32H,3-4,8,17-18,21-26H2,1-2H3/t32-,36?/m1/s1. The molecule has 2 aromatic carbocycles. The van der Waals surface area contributed by atoms with Crippen LogP contribution in [0, 0.1) is 23.2 Å². The van der Waals surface area contributed by atoms with Crippen molar-refractivity contribution in [3.63, 3.8) is 0 Å². The molecule has 0 saturated carbocycles. The first-order valence-electron chi connectivity index (χ1n) is 15.8.